The van der Waals surface area contributed by atoms with Gasteiger partial charge in [-0.05, 0) is 56.1 Å². The molecule has 1 aliphatic rings. The van der Waals surface area contributed by atoms with Crippen LogP contribution in [-0.4, -0.2) is 28.1 Å². The van der Waals surface area contributed by atoms with E-state index in [1.165, 1.54) is 11.3 Å². The van der Waals surface area contributed by atoms with Gasteiger partial charge in [-0.2, -0.15) is 0 Å². The summed E-state index contributed by atoms with van der Waals surface area (Å²) in [7, 11) is 0. The molecule has 2 aromatic heterocycles. The van der Waals surface area contributed by atoms with Crippen LogP contribution in [-0.2, 0) is 6.54 Å². The number of aromatic nitrogens is 1. The molecule has 0 atom stereocenters. The summed E-state index contributed by atoms with van der Waals surface area (Å²) in [6.45, 7) is 4.70. The number of halogens is 1. The van der Waals surface area contributed by atoms with Gasteiger partial charge in [-0.25, -0.2) is 4.98 Å². The quantitative estimate of drug-likeness (QED) is 0.449. The SMILES string of the molecule is CC1CCN(Cc2c(O)ccc3c(=O)c(-c4nc5ccccc5s4)c(N)oc23)CC1.Cl. The van der Waals surface area contributed by atoms with Crippen LogP contribution in [0.5, 0.6) is 5.75 Å². The number of rotatable bonds is 3. The lowest BCUT2D eigenvalue weighted by Crippen LogP contribution is -2.32. The smallest absolute Gasteiger partial charge is 0.205 e. The molecular formula is C23H24ClN3O3S. The zero-order valence-corrected chi connectivity index (χ0v) is 18.8. The summed E-state index contributed by atoms with van der Waals surface area (Å²) < 4.78 is 6.94. The van der Waals surface area contributed by atoms with Crippen LogP contribution in [0.2, 0.25) is 0 Å². The fourth-order valence-electron chi connectivity index (χ4n) is 4.10. The van der Waals surface area contributed by atoms with Crippen LogP contribution in [0.15, 0.2) is 45.6 Å². The molecule has 162 valence electrons. The molecule has 0 aliphatic carbocycles. The van der Waals surface area contributed by atoms with Crippen LogP contribution in [0.25, 0.3) is 31.8 Å². The molecule has 8 heteroatoms. The molecule has 2 aromatic carbocycles. The molecular weight excluding hydrogens is 434 g/mol. The van der Waals surface area contributed by atoms with Gasteiger partial charge in [-0.3, -0.25) is 9.69 Å². The highest BCUT2D eigenvalue weighted by atomic mass is 35.5. The first kappa shape index (κ1) is 21.6. The van der Waals surface area contributed by atoms with E-state index in [4.69, 9.17) is 10.2 Å². The zero-order valence-electron chi connectivity index (χ0n) is 17.1. The number of piperidine rings is 1. The van der Waals surface area contributed by atoms with Gasteiger partial charge in [0.1, 0.15) is 21.9 Å². The third-order valence-electron chi connectivity index (χ3n) is 5.93. The van der Waals surface area contributed by atoms with Crippen molar-refractivity contribution in [3.05, 3.63) is 52.2 Å². The minimum Gasteiger partial charge on any atom is -0.507 e. The van der Waals surface area contributed by atoms with E-state index in [9.17, 15) is 9.90 Å². The van der Waals surface area contributed by atoms with Crippen molar-refractivity contribution in [2.45, 2.75) is 26.3 Å². The van der Waals surface area contributed by atoms with Gasteiger partial charge in [-0.15, -0.1) is 23.7 Å². The molecule has 6 nitrogen and oxygen atoms in total. The van der Waals surface area contributed by atoms with Crippen LogP contribution in [0.1, 0.15) is 25.3 Å². The average molecular weight is 458 g/mol. The number of hydrogen-bond donors (Lipinski definition) is 2. The molecule has 3 heterocycles. The zero-order chi connectivity index (χ0) is 20.8. The second-order valence-corrected chi connectivity index (χ2v) is 9.09. The van der Waals surface area contributed by atoms with Gasteiger partial charge in [0, 0.05) is 6.54 Å². The molecule has 1 saturated heterocycles. The number of phenols is 1. The van der Waals surface area contributed by atoms with Crippen molar-refractivity contribution >= 4 is 50.8 Å². The van der Waals surface area contributed by atoms with Gasteiger partial charge in [0.15, 0.2) is 0 Å². The van der Waals surface area contributed by atoms with Crippen LogP contribution in [0.4, 0.5) is 5.88 Å². The average Bonchev–Trinajstić information content (AvgIpc) is 3.15. The highest BCUT2D eigenvalue weighted by molar-refractivity contribution is 7.21. The summed E-state index contributed by atoms with van der Waals surface area (Å²) in [6.07, 6.45) is 2.25. The van der Waals surface area contributed by atoms with Crippen LogP contribution in [0.3, 0.4) is 0 Å². The molecule has 0 radical (unpaired) electrons. The molecule has 1 aliphatic heterocycles. The summed E-state index contributed by atoms with van der Waals surface area (Å²) in [5, 5.41) is 11.5. The predicted octanol–water partition coefficient (Wildman–Crippen LogP) is 5.01. The van der Waals surface area contributed by atoms with E-state index in [1.807, 2.05) is 24.3 Å². The highest BCUT2D eigenvalue weighted by Gasteiger charge is 2.23. The number of likely N-dealkylation sites (tertiary alicyclic amines) is 1. The lowest BCUT2D eigenvalue weighted by atomic mass is 9.98. The molecule has 1 fully saturated rings. The van der Waals surface area contributed by atoms with Crippen molar-refractivity contribution in [1.29, 1.82) is 0 Å². The van der Waals surface area contributed by atoms with E-state index in [2.05, 4.69) is 16.8 Å². The number of phenolic OH excluding ortho intramolecular Hbond substituents is 1. The monoisotopic (exact) mass is 457 g/mol. The van der Waals surface area contributed by atoms with Gasteiger partial charge in [0.2, 0.25) is 11.3 Å². The van der Waals surface area contributed by atoms with Crippen molar-refractivity contribution in [1.82, 2.24) is 9.88 Å². The Bertz CT molecular complexity index is 1280. The first-order chi connectivity index (χ1) is 14.5. The second kappa shape index (κ2) is 8.49. The van der Waals surface area contributed by atoms with Crippen LogP contribution < -0.4 is 11.2 Å². The number of anilines is 1. The van der Waals surface area contributed by atoms with Gasteiger partial charge in [0.25, 0.3) is 0 Å². The minimum atomic E-state index is -0.221. The number of nitrogen functional groups attached to an aromatic ring is 1. The number of hydrogen-bond acceptors (Lipinski definition) is 7. The first-order valence-electron chi connectivity index (χ1n) is 10.2. The third-order valence-corrected chi connectivity index (χ3v) is 6.99. The van der Waals surface area contributed by atoms with Crippen LogP contribution >= 0.6 is 23.7 Å². The van der Waals surface area contributed by atoms with E-state index in [0.717, 1.165) is 36.1 Å². The number of nitrogens with zero attached hydrogens (tertiary/aromatic N) is 2. The van der Waals surface area contributed by atoms with E-state index in [1.54, 1.807) is 12.1 Å². The number of fused-ring (bicyclic) bond motifs is 2. The number of para-hydroxylation sites is 1. The number of thiazole rings is 1. The minimum absolute atomic E-state index is 0. The Morgan fingerprint density at radius 1 is 1.23 bits per heavy atom. The summed E-state index contributed by atoms with van der Waals surface area (Å²) in [5.41, 5.74) is 8.08. The maximum absolute atomic E-state index is 13.4. The Hall–Kier alpha value is -2.61. The van der Waals surface area contributed by atoms with Crippen molar-refractivity contribution in [3.8, 4) is 16.3 Å². The van der Waals surface area contributed by atoms with Gasteiger partial charge in [0.05, 0.1) is 21.2 Å². The lowest BCUT2D eigenvalue weighted by molar-refractivity contribution is 0.184. The molecule has 4 aromatic rings. The molecule has 3 N–H and O–H groups in total. The van der Waals surface area contributed by atoms with Gasteiger partial charge >= 0.3 is 0 Å². The summed E-state index contributed by atoms with van der Waals surface area (Å²) in [6, 6.07) is 10.9. The molecule has 31 heavy (non-hydrogen) atoms. The van der Waals surface area contributed by atoms with Crippen molar-refractivity contribution < 1.29 is 9.52 Å². The third kappa shape index (κ3) is 3.89. The summed E-state index contributed by atoms with van der Waals surface area (Å²) in [5.74, 6) is 0.870. The Morgan fingerprint density at radius 2 is 1.97 bits per heavy atom. The van der Waals surface area contributed by atoms with E-state index >= 15 is 0 Å². The lowest BCUT2D eigenvalue weighted by Gasteiger charge is -2.30. The summed E-state index contributed by atoms with van der Waals surface area (Å²) in [4.78, 5) is 20.2. The maximum atomic E-state index is 13.4. The van der Waals surface area contributed by atoms with Gasteiger partial charge < -0.3 is 15.3 Å². The van der Waals surface area contributed by atoms with Crippen molar-refractivity contribution in [2.24, 2.45) is 5.92 Å². The standard InChI is InChI=1S/C23H23N3O3S.ClH/c1-13-8-10-26(11-9-13)12-15-17(27)7-6-14-20(28)19(22(24)29-21(14)15)23-25-16-4-2-3-5-18(16)30-23;/h2-7,13,27H,8-12,24H2,1H3;1H. The van der Waals surface area contributed by atoms with Crippen molar-refractivity contribution in [3.63, 3.8) is 0 Å². The molecule has 0 unspecified atom stereocenters. The number of aromatic hydroxyl groups is 1. The topological polar surface area (TPSA) is 92.6 Å². The van der Waals surface area contributed by atoms with Crippen LogP contribution in [0, 0.1) is 5.92 Å². The fourth-order valence-corrected chi connectivity index (χ4v) is 5.11. The van der Waals surface area contributed by atoms with Crippen molar-refractivity contribution in [2.75, 3.05) is 18.8 Å². The fraction of sp³-hybridized carbons (Fsp3) is 0.304. The number of nitrogens with two attached hydrogens (primary N) is 1. The highest BCUT2D eigenvalue weighted by Crippen LogP contribution is 2.35. The normalized spacial score (nSPS) is 15.4. The van der Waals surface area contributed by atoms with E-state index < -0.39 is 0 Å². The number of benzene rings is 2. The van der Waals surface area contributed by atoms with E-state index in [0.29, 0.717) is 34.0 Å². The van der Waals surface area contributed by atoms with E-state index in [-0.39, 0.29) is 35.0 Å². The molecule has 0 saturated carbocycles. The molecule has 5 rings (SSSR count). The Morgan fingerprint density at radius 3 is 2.71 bits per heavy atom. The first-order valence-corrected chi connectivity index (χ1v) is 11.0. The van der Waals surface area contributed by atoms with Gasteiger partial charge in [-0.1, -0.05) is 19.1 Å². The molecule has 0 bridgehead atoms. The molecule has 0 amide bonds. The molecule has 0 spiro atoms. The maximum Gasteiger partial charge on any atom is 0.205 e. The largest absolute Gasteiger partial charge is 0.507 e. The summed E-state index contributed by atoms with van der Waals surface area (Å²) >= 11 is 1.41. The Balaban J connectivity index is 0.00000231. The predicted molar refractivity (Wildman–Crippen MR) is 128 cm³/mol. The Kier molecular flexibility index (Phi) is 5.92. The second-order valence-electron chi connectivity index (χ2n) is 8.06. The Labute approximate surface area is 189 Å².